The number of hydrogen-bond donors (Lipinski definition) is 2. The van der Waals surface area contributed by atoms with Gasteiger partial charge in [0.25, 0.3) is 0 Å². The third-order valence-electron chi connectivity index (χ3n) is 3.79. The summed E-state index contributed by atoms with van der Waals surface area (Å²) < 4.78 is 0. The number of amides is 2. The van der Waals surface area contributed by atoms with Gasteiger partial charge in [-0.2, -0.15) is 0 Å². The lowest BCUT2D eigenvalue weighted by molar-refractivity contribution is -0.127. The average molecular weight is 324 g/mol. The molecule has 0 aromatic heterocycles. The molecule has 2 rings (SSSR count). The van der Waals surface area contributed by atoms with E-state index in [1.54, 1.807) is 12.1 Å². The fourth-order valence-corrected chi connectivity index (χ4v) is 2.81. The number of carbonyl (C=O) groups excluding carboxylic acids is 2. The van der Waals surface area contributed by atoms with E-state index in [0.717, 1.165) is 18.4 Å². The van der Waals surface area contributed by atoms with Crippen LogP contribution in [0.2, 0.25) is 5.02 Å². The van der Waals surface area contributed by atoms with Crippen LogP contribution < -0.4 is 10.6 Å². The highest BCUT2D eigenvalue weighted by Gasteiger charge is 2.24. The van der Waals surface area contributed by atoms with Crippen LogP contribution in [0.25, 0.3) is 0 Å². The first kappa shape index (κ1) is 16.8. The topological polar surface area (TPSA) is 61.4 Å². The molecule has 1 unspecified atom stereocenters. The molecule has 0 spiro atoms. The molecule has 6 heteroatoms. The van der Waals surface area contributed by atoms with Crippen LogP contribution in [-0.4, -0.2) is 43.4 Å². The van der Waals surface area contributed by atoms with E-state index in [1.807, 2.05) is 31.1 Å². The van der Waals surface area contributed by atoms with E-state index < -0.39 is 0 Å². The third kappa shape index (κ3) is 4.45. The second kappa shape index (κ2) is 7.61. The third-order valence-corrected chi connectivity index (χ3v) is 4.05. The Kier molecular flexibility index (Phi) is 5.80. The second-order valence-corrected chi connectivity index (χ2v) is 6.26. The normalized spacial score (nSPS) is 19.6. The van der Waals surface area contributed by atoms with Gasteiger partial charge in [0.1, 0.15) is 6.04 Å². The number of nitrogens with one attached hydrogen (secondary N) is 2. The molecule has 1 aromatic rings. The summed E-state index contributed by atoms with van der Waals surface area (Å²) in [6.07, 6.45) is 2.36. The van der Waals surface area contributed by atoms with Crippen molar-refractivity contribution in [2.45, 2.75) is 31.3 Å². The van der Waals surface area contributed by atoms with E-state index in [0.29, 0.717) is 18.0 Å². The molecule has 22 heavy (non-hydrogen) atoms. The van der Waals surface area contributed by atoms with Crippen LogP contribution in [0.15, 0.2) is 24.3 Å². The number of rotatable bonds is 5. The smallest absolute Gasteiger partial charge is 0.242 e. The van der Waals surface area contributed by atoms with E-state index in [-0.39, 0.29) is 23.9 Å². The zero-order valence-corrected chi connectivity index (χ0v) is 13.7. The van der Waals surface area contributed by atoms with Crippen LogP contribution in [0.3, 0.4) is 0 Å². The maximum absolute atomic E-state index is 12.5. The van der Waals surface area contributed by atoms with Gasteiger partial charge in [-0.3, -0.25) is 14.5 Å². The van der Waals surface area contributed by atoms with Crippen molar-refractivity contribution in [2.24, 2.45) is 0 Å². The summed E-state index contributed by atoms with van der Waals surface area (Å²) in [7, 11) is 3.72. The Bertz CT molecular complexity index is 531. The lowest BCUT2D eigenvalue weighted by Crippen LogP contribution is -2.48. The predicted molar refractivity (Wildman–Crippen MR) is 86.7 cm³/mol. The zero-order chi connectivity index (χ0) is 16.1. The first-order chi connectivity index (χ1) is 10.5. The second-order valence-electron chi connectivity index (χ2n) is 5.82. The number of hydrogen-bond acceptors (Lipinski definition) is 3. The lowest BCUT2D eigenvalue weighted by Gasteiger charge is -2.27. The molecule has 1 fully saturated rings. The first-order valence-corrected chi connectivity index (χ1v) is 7.84. The summed E-state index contributed by atoms with van der Waals surface area (Å²) in [5.41, 5.74) is 0.888. The predicted octanol–water partition coefficient (Wildman–Crippen LogP) is 1.73. The molecule has 1 aliphatic rings. The van der Waals surface area contributed by atoms with E-state index in [2.05, 4.69) is 10.6 Å². The van der Waals surface area contributed by atoms with Gasteiger partial charge in [-0.1, -0.05) is 23.7 Å². The number of halogens is 1. The molecule has 0 radical (unpaired) electrons. The van der Waals surface area contributed by atoms with Gasteiger partial charge in [0.15, 0.2) is 0 Å². The number of piperidine rings is 1. The van der Waals surface area contributed by atoms with Crippen molar-refractivity contribution in [3.8, 4) is 0 Å². The Morgan fingerprint density at radius 2 is 2.09 bits per heavy atom. The fourth-order valence-electron chi connectivity index (χ4n) is 2.68. The van der Waals surface area contributed by atoms with Crippen molar-refractivity contribution >= 4 is 23.4 Å². The van der Waals surface area contributed by atoms with Crippen LogP contribution in [0.4, 0.5) is 0 Å². The lowest BCUT2D eigenvalue weighted by atomic mass is 10.0. The minimum absolute atomic E-state index is 0.0261. The fraction of sp³-hybridized carbons (Fsp3) is 0.500. The molecule has 1 aromatic carbocycles. The minimum atomic E-state index is -0.378. The van der Waals surface area contributed by atoms with Gasteiger partial charge in [-0.05, 0) is 44.6 Å². The SMILES string of the molecule is CN(C)C(C(=O)NC[C@H]1CCCC(=O)N1)c1ccc(Cl)cc1. The summed E-state index contributed by atoms with van der Waals surface area (Å²) >= 11 is 5.90. The van der Waals surface area contributed by atoms with Crippen molar-refractivity contribution in [3.63, 3.8) is 0 Å². The molecule has 0 aliphatic carbocycles. The summed E-state index contributed by atoms with van der Waals surface area (Å²) in [5.74, 6) is -0.0143. The average Bonchev–Trinajstić information content (AvgIpc) is 2.47. The van der Waals surface area contributed by atoms with Gasteiger partial charge < -0.3 is 10.6 Å². The van der Waals surface area contributed by atoms with Gasteiger partial charge in [0, 0.05) is 24.0 Å². The van der Waals surface area contributed by atoms with E-state index >= 15 is 0 Å². The molecule has 5 nitrogen and oxygen atoms in total. The summed E-state index contributed by atoms with van der Waals surface area (Å²) in [6, 6.07) is 6.92. The molecule has 1 aliphatic heterocycles. The van der Waals surface area contributed by atoms with Crippen molar-refractivity contribution in [3.05, 3.63) is 34.9 Å². The molecule has 2 N–H and O–H groups in total. The Balaban J connectivity index is 1.98. The summed E-state index contributed by atoms with van der Waals surface area (Å²) in [6.45, 7) is 0.461. The molecule has 2 amide bonds. The van der Waals surface area contributed by atoms with Crippen LogP contribution >= 0.6 is 11.6 Å². The van der Waals surface area contributed by atoms with Gasteiger partial charge in [0.05, 0.1) is 0 Å². The van der Waals surface area contributed by atoms with Crippen LogP contribution in [-0.2, 0) is 9.59 Å². The van der Waals surface area contributed by atoms with Crippen LogP contribution in [0.5, 0.6) is 0 Å². The Hall–Kier alpha value is -1.59. The molecule has 2 atom stereocenters. The molecule has 0 bridgehead atoms. The Morgan fingerprint density at radius 3 is 2.68 bits per heavy atom. The van der Waals surface area contributed by atoms with E-state index in [1.165, 1.54) is 0 Å². The van der Waals surface area contributed by atoms with Gasteiger partial charge >= 0.3 is 0 Å². The first-order valence-electron chi connectivity index (χ1n) is 7.46. The monoisotopic (exact) mass is 323 g/mol. The molecule has 1 heterocycles. The summed E-state index contributed by atoms with van der Waals surface area (Å²) in [4.78, 5) is 25.7. The molecular formula is C16H22ClN3O2. The molecule has 0 saturated carbocycles. The van der Waals surface area contributed by atoms with Crippen molar-refractivity contribution in [1.82, 2.24) is 15.5 Å². The van der Waals surface area contributed by atoms with Crippen molar-refractivity contribution < 1.29 is 9.59 Å². The highest BCUT2D eigenvalue weighted by molar-refractivity contribution is 6.30. The number of benzene rings is 1. The van der Waals surface area contributed by atoms with E-state index in [4.69, 9.17) is 11.6 Å². The molecule has 1 saturated heterocycles. The van der Waals surface area contributed by atoms with Gasteiger partial charge in [0.2, 0.25) is 11.8 Å². The highest BCUT2D eigenvalue weighted by Crippen LogP contribution is 2.20. The van der Waals surface area contributed by atoms with Crippen molar-refractivity contribution in [2.75, 3.05) is 20.6 Å². The Labute approximate surface area is 136 Å². The largest absolute Gasteiger partial charge is 0.352 e. The van der Waals surface area contributed by atoms with Gasteiger partial charge in [-0.25, -0.2) is 0 Å². The quantitative estimate of drug-likeness (QED) is 0.867. The summed E-state index contributed by atoms with van der Waals surface area (Å²) in [5, 5.41) is 6.49. The number of carbonyl (C=O) groups is 2. The van der Waals surface area contributed by atoms with Crippen LogP contribution in [0, 0.1) is 0 Å². The maximum Gasteiger partial charge on any atom is 0.242 e. The maximum atomic E-state index is 12.5. The molecular weight excluding hydrogens is 302 g/mol. The number of nitrogens with zero attached hydrogens (tertiary/aromatic N) is 1. The zero-order valence-electron chi connectivity index (χ0n) is 12.9. The van der Waals surface area contributed by atoms with Crippen LogP contribution in [0.1, 0.15) is 30.9 Å². The standard InChI is InChI=1S/C16H22ClN3O2/c1-20(2)15(11-6-8-12(17)9-7-11)16(22)18-10-13-4-3-5-14(21)19-13/h6-9,13,15H,3-5,10H2,1-2H3,(H,18,22)(H,19,21)/t13-,15?/m1/s1. The van der Waals surface area contributed by atoms with Gasteiger partial charge in [-0.15, -0.1) is 0 Å². The molecule has 120 valence electrons. The van der Waals surface area contributed by atoms with E-state index in [9.17, 15) is 9.59 Å². The number of likely N-dealkylation sites (N-methyl/N-ethyl adjacent to an activating group) is 1. The highest BCUT2D eigenvalue weighted by atomic mass is 35.5. The minimum Gasteiger partial charge on any atom is -0.352 e. The van der Waals surface area contributed by atoms with Crippen molar-refractivity contribution in [1.29, 1.82) is 0 Å². The Morgan fingerprint density at radius 1 is 1.41 bits per heavy atom.